The van der Waals surface area contributed by atoms with Gasteiger partial charge in [-0.15, -0.1) is 0 Å². The number of halogens is 5. The lowest BCUT2D eigenvalue weighted by Gasteiger charge is -2.20. The number of aliphatic imine (C=N–C) groups is 1. The third-order valence-corrected chi connectivity index (χ3v) is 2.97. The molecule has 0 spiro atoms. The summed E-state index contributed by atoms with van der Waals surface area (Å²) in [6, 6.07) is 0. The van der Waals surface area contributed by atoms with Crippen molar-refractivity contribution in [1.82, 2.24) is 0 Å². The minimum Gasteiger partial charge on any atom is -0.480 e. The molecule has 0 saturated heterocycles. The molecule has 0 aromatic carbocycles. The third kappa shape index (κ3) is 2.01. The van der Waals surface area contributed by atoms with E-state index in [0.29, 0.717) is 0 Å². The maximum atomic E-state index is 13.9. The Labute approximate surface area is 109 Å². The SMILES string of the molecule is NC(=C1C(=NCC(=O)O)C(F)(F)[C@@H]2C#C[C@H]12)C(F)(F)F. The lowest BCUT2D eigenvalue weighted by Crippen LogP contribution is -2.33. The molecule has 4 nitrogen and oxygen atoms in total. The Kier molecular flexibility index (Phi) is 3.00. The molecule has 0 unspecified atom stereocenters. The van der Waals surface area contributed by atoms with Gasteiger partial charge in [0.15, 0.2) is 0 Å². The topological polar surface area (TPSA) is 75.7 Å². The van der Waals surface area contributed by atoms with Crippen LogP contribution in [0.1, 0.15) is 0 Å². The molecule has 0 radical (unpaired) electrons. The first-order valence-electron chi connectivity index (χ1n) is 5.29. The maximum absolute atomic E-state index is 13.9. The first-order valence-corrected chi connectivity index (χ1v) is 5.29. The van der Waals surface area contributed by atoms with Gasteiger partial charge in [-0.3, -0.25) is 9.79 Å². The summed E-state index contributed by atoms with van der Waals surface area (Å²) in [6.07, 6.45) is -5.01. The van der Waals surface area contributed by atoms with Crippen molar-refractivity contribution in [1.29, 1.82) is 0 Å². The first kappa shape index (κ1) is 14.3. The zero-order valence-electron chi connectivity index (χ0n) is 9.63. The van der Waals surface area contributed by atoms with E-state index < -0.39 is 53.4 Å². The normalized spacial score (nSPS) is 31.1. The van der Waals surface area contributed by atoms with E-state index in [4.69, 9.17) is 10.8 Å². The number of hydrogen-bond donors (Lipinski definition) is 2. The lowest BCUT2D eigenvalue weighted by molar-refractivity contribution is -0.135. The highest BCUT2D eigenvalue weighted by Crippen LogP contribution is 2.50. The number of carbonyl (C=O) groups is 1. The number of hydrogen-bond acceptors (Lipinski definition) is 3. The van der Waals surface area contributed by atoms with Crippen LogP contribution in [0.15, 0.2) is 16.3 Å². The van der Waals surface area contributed by atoms with E-state index in [9.17, 15) is 26.7 Å². The Morgan fingerprint density at radius 1 is 1.40 bits per heavy atom. The van der Waals surface area contributed by atoms with Gasteiger partial charge in [0.05, 0.1) is 5.92 Å². The summed E-state index contributed by atoms with van der Waals surface area (Å²) < 4.78 is 65.5. The Hall–Kier alpha value is -2.11. The molecule has 108 valence electrons. The van der Waals surface area contributed by atoms with Crippen LogP contribution >= 0.6 is 0 Å². The highest BCUT2D eigenvalue weighted by Gasteiger charge is 2.62. The van der Waals surface area contributed by atoms with E-state index in [1.54, 1.807) is 0 Å². The zero-order chi connectivity index (χ0) is 15.3. The Morgan fingerprint density at radius 2 is 2.00 bits per heavy atom. The minimum absolute atomic E-state index is 0.910. The monoisotopic (exact) mass is 294 g/mol. The highest BCUT2D eigenvalue weighted by molar-refractivity contribution is 6.11. The molecular formula is C11H7F5N2O2. The van der Waals surface area contributed by atoms with Crippen LogP contribution in [0.4, 0.5) is 22.0 Å². The molecule has 9 heteroatoms. The molecule has 1 fully saturated rings. The minimum atomic E-state index is -5.01. The summed E-state index contributed by atoms with van der Waals surface area (Å²) in [6.45, 7) is -1.07. The molecule has 3 N–H and O–H groups in total. The second-order valence-electron chi connectivity index (χ2n) is 4.25. The largest absolute Gasteiger partial charge is 0.480 e. The molecule has 0 aromatic heterocycles. The molecule has 0 heterocycles. The van der Waals surface area contributed by atoms with Gasteiger partial charge in [0.25, 0.3) is 0 Å². The summed E-state index contributed by atoms with van der Waals surface area (Å²) in [5, 5.41) is 8.42. The molecule has 0 amide bonds. The van der Waals surface area contributed by atoms with Gasteiger partial charge in [0.2, 0.25) is 0 Å². The van der Waals surface area contributed by atoms with Gasteiger partial charge in [-0.05, 0) is 0 Å². The van der Waals surface area contributed by atoms with Crippen molar-refractivity contribution in [2.75, 3.05) is 6.54 Å². The van der Waals surface area contributed by atoms with E-state index in [1.165, 1.54) is 0 Å². The van der Waals surface area contributed by atoms with Crippen molar-refractivity contribution < 1.29 is 31.9 Å². The third-order valence-electron chi connectivity index (χ3n) is 2.97. The Morgan fingerprint density at radius 3 is 2.40 bits per heavy atom. The number of rotatable bonds is 2. The summed E-state index contributed by atoms with van der Waals surface area (Å²) in [5.41, 5.74) is 1.02. The maximum Gasteiger partial charge on any atom is 0.431 e. The van der Waals surface area contributed by atoms with Gasteiger partial charge in [0.1, 0.15) is 23.9 Å². The number of nitrogens with zero attached hydrogens (tertiary/aromatic N) is 1. The summed E-state index contributed by atoms with van der Waals surface area (Å²) in [7, 11) is 0. The van der Waals surface area contributed by atoms with E-state index in [1.807, 2.05) is 0 Å². The number of alkyl halides is 5. The molecular weight excluding hydrogens is 287 g/mol. The van der Waals surface area contributed by atoms with Gasteiger partial charge < -0.3 is 10.8 Å². The fraction of sp³-hybridized carbons (Fsp3) is 0.455. The zero-order valence-corrected chi connectivity index (χ0v) is 9.63. The van der Waals surface area contributed by atoms with Gasteiger partial charge in [-0.25, -0.2) is 0 Å². The lowest BCUT2D eigenvalue weighted by atomic mass is 9.85. The van der Waals surface area contributed by atoms with Crippen LogP contribution in [0.3, 0.4) is 0 Å². The second kappa shape index (κ2) is 4.19. The quantitative estimate of drug-likeness (QED) is 0.593. The summed E-state index contributed by atoms with van der Waals surface area (Å²) >= 11 is 0. The fourth-order valence-corrected chi connectivity index (χ4v) is 2.05. The van der Waals surface area contributed by atoms with E-state index in [-0.39, 0.29) is 0 Å². The van der Waals surface area contributed by atoms with Gasteiger partial charge in [-0.2, -0.15) is 22.0 Å². The standard InChI is InChI=1S/C11H7F5N2O2/c12-10(13)5-2-1-4(5)7(8(17)11(14,15)16)9(10)18-3-6(19)20/h4-5H,3,17H2,(H,19,20)/t4-,5+/m0/s1. The Bertz CT molecular complexity index is 594. The van der Waals surface area contributed by atoms with Crippen molar-refractivity contribution in [2.45, 2.75) is 12.1 Å². The van der Waals surface area contributed by atoms with E-state index in [0.717, 1.165) is 0 Å². The van der Waals surface area contributed by atoms with Crippen molar-refractivity contribution in [3.63, 3.8) is 0 Å². The van der Waals surface area contributed by atoms with Crippen LogP contribution < -0.4 is 5.73 Å². The van der Waals surface area contributed by atoms with Crippen LogP contribution in [0.5, 0.6) is 0 Å². The molecule has 0 aromatic rings. The van der Waals surface area contributed by atoms with Gasteiger partial charge >= 0.3 is 18.1 Å². The van der Waals surface area contributed by atoms with Crippen molar-refractivity contribution in [3.05, 3.63) is 11.3 Å². The molecule has 0 aliphatic heterocycles. The average Bonchev–Trinajstić information content (AvgIpc) is 2.35. The van der Waals surface area contributed by atoms with Crippen LogP contribution in [0, 0.1) is 23.7 Å². The van der Waals surface area contributed by atoms with Crippen LogP contribution in [-0.2, 0) is 4.79 Å². The van der Waals surface area contributed by atoms with Crippen molar-refractivity contribution >= 4 is 11.7 Å². The van der Waals surface area contributed by atoms with Gasteiger partial charge in [-0.1, -0.05) is 11.8 Å². The first-order chi connectivity index (χ1) is 9.06. The molecule has 0 bridgehead atoms. The smallest absolute Gasteiger partial charge is 0.431 e. The molecule has 2 aliphatic carbocycles. The number of carboxylic acid groups (broad SMARTS) is 1. The number of nitrogens with two attached hydrogens (primary N) is 1. The van der Waals surface area contributed by atoms with Crippen molar-refractivity contribution in [3.8, 4) is 11.8 Å². The van der Waals surface area contributed by atoms with Crippen LogP contribution in [-0.4, -0.2) is 35.4 Å². The van der Waals surface area contributed by atoms with E-state index >= 15 is 0 Å². The molecule has 20 heavy (non-hydrogen) atoms. The summed E-state index contributed by atoms with van der Waals surface area (Å²) in [4.78, 5) is 13.4. The molecule has 2 rings (SSSR count). The fourth-order valence-electron chi connectivity index (χ4n) is 2.05. The van der Waals surface area contributed by atoms with Gasteiger partial charge in [0, 0.05) is 5.57 Å². The van der Waals surface area contributed by atoms with Crippen molar-refractivity contribution in [2.24, 2.45) is 22.6 Å². The van der Waals surface area contributed by atoms with Crippen LogP contribution in [0.2, 0.25) is 0 Å². The number of carboxylic acids is 1. The predicted molar refractivity (Wildman–Crippen MR) is 56.9 cm³/mol. The van der Waals surface area contributed by atoms with E-state index in [2.05, 4.69) is 16.8 Å². The highest BCUT2D eigenvalue weighted by atomic mass is 19.4. The molecule has 2 aliphatic rings. The Balaban J connectivity index is 2.56. The average molecular weight is 294 g/mol. The molecule has 2 atom stereocenters. The summed E-state index contributed by atoms with van der Waals surface area (Å²) in [5.74, 6) is -4.02. The number of aliphatic carboxylic acids is 1. The predicted octanol–water partition coefficient (Wildman–Crippen LogP) is 1.19. The number of fused-ring (bicyclic) bond motifs is 1. The molecule has 1 saturated carbocycles. The second-order valence-corrected chi connectivity index (χ2v) is 4.25. The number of allylic oxidation sites excluding steroid dienone is 2. The van der Waals surface area contributed by atoms with Crippen LogP contribution in [0.25, 0.3) is 0 Å².